The Balaban J connectivity index is 0.00000342. The lowest BCUT2D eigenvalue weighted by atomic mass is 10.0. The number of benzene rings is 4. The summed E-state index contributed by atoms with van der Waals surface area (Å²) < 4.78 is 0. The Bertz CT molecular complexity index is 949. The van der Waals surface area contributed by atoms with E-state index in [0.717, 1.165) is 22.3 Å². The van der Waals surface area contributed by atoms with Crippen molar-refractivity contribution in [1.29, 1.82) is 0 Å². The SMILES string of the molecule is N.O=[N+](OC(Cc1ccccc1)Cc1ccccc1)OC(Cc1ccccc1)Cc1ccccc1. The van der Waals surface area contributed by atoms with Crippen LogP contribution in [0.4, 0.5) is 0 Å². The van der Waals surface area contributed by atoms with Crippen LogP contribution in [-0.4, -0.2) is 17.3 Å². The van der Waals surface area contributed by atoms with E-state index in [9.17, 15) is 4.91 Å². The van der Waals surface area contributed by atoms with Crippen LogP contribution < -0.4 is 6.15 Å². The second-order valence-corrected chi connectivity index (χ2v) is 8.44. The summed E-state index contributed by atoms with van der Waals surface area (Å²) in [7, 11) is 0. The molecule has 180 valence electrons. The molecule has 0 aliphatic carbocycles. The van der Waals surface area contributed by atoms with Gasteiger partial charge in [-0.2, -0.15) is 9.68 Å². The van der Waals surface area contributed by atoms with E-state index >= 15 is 0 Å². The minimum Gasteiger partial charge on any atom is -0.344 e. The van der Waals surface area contributed by atoms with Crippen LogP contribution in [0.1, 0.15) is 22.3 Å². The van der Waals surface area contributed by atoms with Gasteiger partial charge in [-0.3, -0.25) is 0 Å². The lowest BCUT2D eigenvalue weighted by Crippen LogP contribution is -2.30. The van der Waals surface area contributed by atoms with Crippen molar-refractivity contribution in [3.05, 3.63) is 148 Å². The molecule has 0 saturated carbocycles. The Labute approximate surface area is 207 Å². The van der Waals surface area contributed by atoms with E-state index in [1.54, 1.807) is 0 Å². The zero-order valence-corrected chi connectivity index (χ0v) is 19.9. The first-order valence-corrected chi connectivity index (χ1v) is 11.7. The summed E-state index contributed by atoms with van der Waals surface area (Å²) >= 11 is 0. The van der Waals surface area contributed by atoms with E-state index in [2.05, 4.69) is 0 Å². The molecule has 0 aliphatic rings. The van der Waals surface area contributed by atoms with Crippen molar-refractivity contribution in [3.63, 3.8) is 0 Å². The normalized spacial score (nSPS) is 10.6. The maximum atomic E-state index is 12.9. The van der Waals surface area contributed by atoms with Crippen molar-refractivity contribution in [2.75, 3.05) is 0 Å². The van der Waals surface area contributed by atoms with Crippen LogP contribution in [0.3, 0.4) is 0 Å². The maximum Gasteiger partial charge on any atom is 0.478 e. The van der Waals surface area contributed by atoms with Crippen molar-refractivity contribution < 1.29 is 14.8 Å². The van der Waals surface area contributed by atoms with Crippen molar-refractivity contribution >= 4 is 0 Å². The predicted molar refractivity (Wildman–Crippen MR) is 139 cm³/mol. The Kier molecular flexibility index (Phi) is 10.0. The Morgan fingerprint density at radius 1 is 0.457 bits per heavy atom. The quantitative estimate of drug-likeness (QED) is 0.240. The van der Waals surface area contributed by atoms with Gasteiger partial charge in [0.2, 0.25) is 0 Å². The maximum absolute atomic E-state index is 12.9. The summed E-state index contributed by atoms with van der Waals surface area (Å²) in [6, 6.07) is 40.3. The molecule has 0 bridgehead atoms. The van der Waals surface area contributed by atoms with Gasteiger partial charge in [0.05, 0.1) is 0 Å². The van der Waals surface area contributed by atoms with E-state index in [0.29, 0.717) is 30.8 Å². The summed E-state index contributed by atoms with van der Waals surface area (Å²) in [4.78, 5) is 24.5. The zero-order chi connectivity index (χ0) is 23.4. The third-order valence-electron chi connectivity index (χ3n) is 5.70. The van der Waals surface area contributed by atoms with Crippen LogP contribution in [0.2, 0.25) is 0 Å². The van der Waals surface area contributed by atoms with Gasteiger partial charge in [-0.05, 0) is 22.3 Å². The topological polar surface area (TPSA) is 73.5 Å². The molecule has 4 aromatic rings. The smallest absolute Gasteiger partial charge is 0.344 e. The van der Waals surface area contributed by atoms with Gasteiger partial charge in [0.1, 0.15) is 4.91 Å². The molecule has 0 heterocycles. The molecule has 0 radical (unpaired) electrons. The number of hydrogen-bond acceptors (Lipinski definition) is 4. The van der Waals surface area contributed by atoms with Crippen LogP contribution in [0.5, 0.6) is 0 Å². The fourth-order valence-electron chi connectivity index (χ4n) is 4.07. The molecule has 0 saturated heterocycles. The largest absolute Gasteiger partial charge is 0.478 e. The highest BCUT2D eigenvalue weighted by atomic mass is 17.0. The van der Waals surface area contributed by atoms with Crippen molar-refractivity contribution in [3.8, 4) is 0 Å². The highest BCUT2D eigenvalue weighted by molar-refractivity contribution is 5.20. The van der Waals surface area contributed by atoms with E-state index < -0.39 is 0 Å². The predicted octanol–water partition coefficient (Wildman–Crippen LogP) is 6.50. The van der Waals surface area contributed by atoms with Crippen LogP contribution >= 0.6 is 0 Å². The molecule has 0 amide bonds. The summed E-state index contributed by atoms with van der Waals surface area (Å²) in [6.45, 7) is 0. The molecule has 0 aliphatic heterocycles. The minimum atomic E-state index is -0.351. The van der Waals surface area contributed by atoms with Gasteiger partial charge in [-0.15, -0.1) is 0 Å². The second kappa shape index (κ2) is 13.7. The van der Waals surface area contributed by atoms with Crippen molar-refractivity contribution in [2.45, 2.75) is 37.9 Å². The molecule has 5 heteroatoms. The van der Waals surface area contributed by atoms with E-state index in [4.69, 9.17) is 9.68 Å². The number of rotatable bonds is 12. The molecule has 3 N–H and O–H groups in total. The highest BCUT2D eigenvalue weighted by Gasteiger charge is 2.28. The minimum absolute atomic E-state index is 0. The molecule has 0 unspecified atom stereocenters. The van der Waals surface area contributed by atoms with Gasteiger partial charge in [0.15, 0.2) is 12.2 Å². The summed E-state index contributed by atoms with van der Waals surface area (Å²) in [6.07, 6.45) is 1.74. The molecule has 0 aromatic heterocycles. The zero-order valence-electron chi connectivity index (χ0n) is 19.9. The van der Waals surface area contributed by atoms with Gasteiger partial charge in [0.25, 0.3) is 0 Å². The number of hydrogen-bond donors (Lipinski definition) is 1. The van der Waals surface area contributed by atoms with Crippen molar-refractivity contribution in [2.24, 2.45) is 0 Å². The average molecular weight is 470 g/mol. The third kappa shape index (κ3) is 8.72. The van der Waals surface area contributed by atoms with E-state index in [-0.39, 0.29) is 18.4 Å². The molecule has 4 rings (SSSR count). The first-order valence-electron chi connectivity index (χ1n) is 11.7. The van der Waals surface area contributed by atoms with E-state index in [1.807, 2.05) is 121 Å². The van der Waals surface area contributed by atoms with Crippen LogP contribution in [0.15, 0.2) is 121 Å². The first-order chi connectivity index (χ1) is 16.7. The molecular formula is C30H33N2O3+. The van der Waals surface area contributed by atoms with Crippen LogP contribution in [0, 0.1) is 4.91 Å². The number of nitrogens with zero attached hydrogens (tertiary/aromatic N) is 1. The third-order valence-corrected chi connectivity index (χ3v) is 5.70. The fourth-order valence-corrected chi connectivity index (χ4v) is 4.07. The Morgan fingerprint density at radius 2 is 0.686 bits per heavy atom. The van der Waals surface area contributed by atoms with Gasteiger partial charge in [-0.25, -0.2) is 0 Å². The van der Waals surface area contributed by atoms with Crippen LogP contribution in [0.25, 0.3) is 0 Å². The molecule has 0 fully saturated rings. The first kappa shape index (κ1) is 25.7. The highest BCUT2D eigenvalue weighted by Crippen LogP contribution is 2.16. The molecule has 0 spiro atoms. The van der Waals surface area contributed by atoms with Gasteiger partial charge in [-0.1, -0.05) is 121 Å². The summed E-state index contributed by atoms with van der Waals surface area (Å²) in [5.41, 5.74) is 4.45. The fraction of sp³-hybridized carbons (Fsp3) is 0.200. The summed E-state index contributed by atoms with van der Waals surface area (Å²) in [5.74, 6) is 0. The lowest BCUT2D eigenvalue weighted by Gasteiger charge is -2.14. The molecule has 4 aromatic carbocycles. The second-order valence-electron chi connectivity index (χ2n) is 8.44. The molecule has 35 heavy (non-hydrogen) atoms. The Morgan fingerprint density at radius 3 is 0.914 bits per heavy atom. The Hall–Kier alpha value is -3.96. The molecule has 5 nitrogen and oxygen atoms in total. The van der Waals surface area contributed by atoms with E-state index in [1.165, 1.54) is 0 Å². The molecule has 0 atom stereocenters. The standard InChI is InChI=1S/C30H30NO3.H3N/c32-31(33-29(21-25-13-5-1-6-14-25)22-26-15-7-2-8-16-26)34-30(23-27-17-9-3-10-18-27)24-28-19-11-4-12-20-28;/h1-20,29-30H,21-24H2;1H3/q+1;. The molecular weight excluding hydrogens is 436 g/mol. The van der Waals surface area contributed by atoms with Gasteiger partial charge in [0, 0.05) is 25.7 Å². The van der Waals surface area contributed by atoms with Gasteiger partial charge >= 0.3 is 5.09 Å². The average Bonchev–Trinajstić information content (AvgIpc) is 2.86. The summed E-state index contributed by atoms with van der Waals surface area (Å²) in [5, 5.41) is 0.326. The van der Waals surface area contributed by atoms with Crippen LogP contribution in [-0.2, 0) is 35.4 Å². The monoisotopic (exact) mass is 469 g/mol. The van der Waals surface area contributed by atoms with Gasteiger partial charge < -0.3 is 6.15 Å². The lowest BCUT2D eigenvalue weighted by molar-refractivity contribution is -0.992. The van der Waals surface area contributed by atoms with Crippen molar-refractivity contribution in [1.82, 2.24) is 6.15 Å².